The Labute approximate surface area is 86.9 Å². The van der Waals surface area contributed by atoms with Crippen LogP contribution in [-0.2, 0) is 0 Å². The van der Waals surface area contributed by atoms with Crippen molar-refractivity contribution in [3.63, 3.8) is 0 Å². The quantitative estimate of drug-likeness (QED) is 0.554. The van der Waals surface area contributed by atoms with Gasteiger partial charge < -0.3 is 0 Å². The van der Waals surface area contributed by atoms with Crippen LogP contribution in [0.3, 0.4) is 0 Å². The fraction of sp³-hybridized carbons (Fsp3) is 0.600. The van der Waals surface area contributed by atoms with Gasteiger partial charge in [0.25, 0.3) is 5.69 Å². The Morgan fingerprint density at radius 3 is 2.93 bits per heavy atom. The van der Waals surface area contributed by atoms with Crippen LogP contribution in [0.1, 0.15) is 37.0 Å². The van der Waals surface area contributed by atoms with Gasteiger partial charge in [-0.3, -0.25) is 10.1 Å². The van der Waals surface area contributed by atoms with E-state index in [1.807, 2.05) is 5.38 Å². The maximum atomic E-state index is 10.7. The molecule has 14 heavy (non-hydrogen) atoms. The van der Waals surface area contributed by atoms with Crippen LogP contribution in [0.5, 0.6) is 0 Å². The van der Waals surface area contributed by atoms with Crippen LogP contribution in [0.2, 0.25) is 0 Å². The summed E-state index contributed by atoms with van der Waals surface area (Å²) in [5.74, 6) is 1.16. The first-order chi connectivity index (χ1) is 6.68. The lowest BCUT2D eigenvalue weighted by Crippen LogP contribution is -1.95. The molecule has 3 nitrogen and oxygen atoms in total. The summed E-state index contributed by atoms with van der Waals surface area (Å²) in [6.07, 6.45) is 3.43. The summed E-state index contributed by atoms with van der Waals surface area (Å²) in [5.41, 5.74) is 0.328. The predicted molar refractivity (Wildman–Crippen MR) is 56.7 cm³/mol. The second kappa shape index (κ2) is 3.69. The lowest BCUT2D eigenvalue weighted by atomic mass is 10.0. The largest absolute Gasteiger partial charge is 0.283 e. The minimum Gasteiger partial charge on any atom is -0.258 e. The Kier molecular flexibility index (Phi) is 2.54. The van der Waals surface area contributed by atoms with Gasteiger partial charge >= 0.3 is 0 Å². The molecule has 0 N–H and O–H groups in total. The zero-order valence-electron chi connectivity index (χ0n) is 8.10. The van der Waals surface area contributed by atoms with Crippen LogP contribution in [0.25, 0.3) is 0 Å². The molecular weight excluding hydrogens is 198 g/mol. The molecule has 0 radical (unpaired) electrons. The molecule has 2 rings (SSSR count). The minimum absolute atomic E-state index is 0.255. The Hall–Kier alpha value is -0.900. The SMILES string of the molecule is CC1CCC(c2sccc2[N+](=O)[O-])C1. The third-order valence-electron chi connectivity index (χ3n) is 2.94. The Morgan fingerprint density at radius 2 is 2.36 bits per heavy atom. The van der Waals surface area contributed by atoms with Gasteiger partial charge in [-0.15, -0.1) is 11.3 Å². The monoisotopic (exact) mass is 211 g/mol. The van der Waals surface area contributed by atoms with Gasteiger partial charge in [0.2, 0.25) is 0 Å². The van der Waals surface area contributed by atoms with Crippen molar-refractivity contribution in [3.05, 3.63) is 26.4 Å². The van der Waals surface area contributed by atoms with Crippen molar-refractivity contribution < 1.29 is 4.92 Å². The maximum Gasteiger partial charge on any atom is 0.283 e. The van der Waals surface area contributed by atoms with Gasteiger partial charge in [0.05, 0.1) is 9.80 Å². The van der Waals surface area contributed by atoms with Crippen molar-refractivity contribution in [3.8, 4) is 0 Å². The molecule has 1 heterocycles. The van der Waals surface area contributed by atoms with Crippen molar-refractivity contribution in [2.45, 2.75) is 32.1 Å². The maximum absolute atomic E-state index is 10.7. The number of nitrogens with zero attached hydrogens (tertiary/aromatic N) is 1. The summed E-state index contributed by atoms with van der Waals surface area (Å²) in [5, 5.41) is 12.6. The molecule has 1 aliphatic carbocycles. The lowest BCUT2D eigenvalue weighted by Gasteiger charge is -2.05. The molecule has 4 heteroatoms. The Bertz CT molecular complexity index is 348. The Morgan fingerprint density at radius 1 is 1.57 bits per heavy atom. The van der Waals surface area contributed by atoms with E-state index >= 15 is 0 Å². The van der Waals surface area contributed by atoms with E-state index in [1.165, 1.54) is 17.8 Å². The van der Waals surface area contributed by atoms with Crippen LogP contribution in [-0.4, -0.2) is 4.92 Å². The fourth-order valence-electron chi connectivity index (χ4n) is 2.22. The molecule has 0 aromatic carbocycles. The smallest absolute Gasteiger partial charge is 0.258 e. The second-order valence-corrected chi connectivity index (χ2v) is 4.99. The first-order valence-electron chi connectivity index (χ1n) is 4.90. The van der Waals surface area contributed by atoms with Gasteiger partial charge in [-0.1, -0.05) is 13.3 Å². The molecule has 1 aromatic heterocycles. The molecule has 1 aromatic rings. The molecule has 0 bridgehead atoms. The van der Waals surface area contributed by atoms with Crippen LogP contribution in [0.15, 0.2) is 11.4 Å². The lowest BCUT2D eigenvalue weighted by molar-refractivity contribution is -0.385. The summed E-state index contributed by atoms with van der Waals surface area (Å²) in [4.78, 5) is 11.5. The van der Waals surface area contributed by atoms with E-state index in [0.717, 1.165) is 23.6 Å². The number of nitro groups is 1. The molecule has 0 saturated heterocycles. The molecule has 1 saturated carbocycles. The fourth-order valence-corrected chi connectivity index (χ4v) is 3.23. The van der Waals surface area contributed by atoms with Crippen LogP contribution in [0.4, 0.5) is 5.69 Å². The predicted octanol–water partition coefficient (Wildman–Crippen LogP) is 3.56. The molecule has 0 amide bonds. The van der Waals surface area contributed by atoms with Crippen molar-refractivity contribution in [1.82, 2.24) is 0 Å². The van der Waals surface area contributed by atoms with Gasteiger partial charge in [-0.05, 0) is 24.1 Å². The van der Waals surface area contributed by atoms with E-state index in [4.69, 9.17) is 0 Å². The first-order valence-corrected chi connectivity index (χ1v) is 5.78. The number of hydrogen-bond donors (Lipinski definition) is 0. The third-order valence-corrected chi connectivity index (χ3v) is 4.00. The summed E-state index contributed by atoms with van der Waals surface area (Å²) >= 11 is 1.54. The second-order valence-electron chi connectivity index (χ2n) is 4.04. The molecular formula is C10H13NO2S. The molecule has 76 valence electrons. The van der Waals surface area contributed by atoms with Crippen LogP contribution < -0.4 is 0 Å². The van der Waals surface area contributed by atoms with E-state index in [1.54, 1.807) is 6.07 Å². The average Bonchev–Trinajstić information content (AvgIpc) is 2.70. The van der Waals surface area contributed by atoms with Gasteiger partial charge in [-0.25, -0.2) is 0 Å². The number of hydrogen-bond acceptors (Lipinski definition) is 3. The topological polar surface area (TPSA) is 43.1 Å². The minimum atomic E-state index is -0.255. The van der Waals surface area contributed by atoms with E-state index in [2.05, 4.69) is 6.92 Å². The standard InChI is InChI=1S/C10H13NO2S/c1-7-2-3-8(6-7)10-9(11(12)13)4-5-14-10/h4-5,7-8H,2-3,6H2,1H3. The van der Waals surface area contributed by atoms with Crippen molar-refractivity contribution in [1.29, 1.82) is 0 Å². The van der Waals surface area contributed by atoms with Gasteiger partial charge in [0.15, 0.2) is 0 Å². The van der Waals surface area contributed by atoms with Gasteiger partial charge in [0, 0.05) is 12.0 Å². The third kappa shape index (κ3) is 1.66. The highest BCUT2D eigenvalue weighted by atomic mass is 32.1. The van der Waals surface area contributed by atoms with Crippen LogP contribution >= 0.6 is 11.3 Å². The van der Waals surface area contributed by atoms with Gasteiger partial charge in [-0.2, -0.15) is 0 Å². The molecule has 0 aliphatic heterocycles. The summed E-state index contributed by atoms with van der Waals surface area (Å²) in [7, 11) is 0. The summed E-state index contributed by atoms with van der Waals surface area (Å²) in [6, 6.07) is 1.63. The number of thiophene rings is 1. The molecule has 2 unspecified atom stereocenters. The van der Waals surface area contributed by atoms with E-state index in [9.17, 15) is 10.1 Å². The number of rotatable bonds is 2. The molecule has 1 fully saturated rings. The van der Waals surface area contributed by atoms with Crippen molar-refractivity contribution in [2.75, 3.05) is 0 Å². The van der Waals surface area contributed by atoms with Crippen molar-refractivity contribution in [2.24, 2.45) is 5.92 Å². The van der Waals surface area contributed by atoms with E-state index < -0.39 is 0 Å². The van der Waals surface area contributed by atoms with Crippen LogP contribution in [0, 0.1) is 16.0 Å². The van der Waals surface area contributed by atoms with Crippen molar-refractivity contribution >= 4 is 17.0 Å². The molecule has 0 spiro atoms. The molecule has 2 atom stereocenters. The highest BCUT2D eigenvalue weighted by Gasteiger charge is 2.29. The first kappa shape index (κ1) is 9.65. The highest BCUT2D eigenvalue weighted by Crippen LogP contribution is 2.43. The Balaban J connectivity index is 2.23. The highest BCUT2D eigenvalue weighted by molar-refractivity contribution is 7.10. The summed E-state index contributed by atoms with van der Waals surface area (Å²) in [6.45, 7) is 2.22. The van der Waals surface area contributed by atoms with E-state index in [0.29, 0.717) is 11.6 Å². The van der Waals surface area contributed by atoms with Gasteiger partial charge in [0.1, 0.15) is 0 Å². The zero-order chi connectivity index (χ0) is 10.1. The normalized spacial score (nSPS) is 26.6. The molecule has 1 aliphatic rings. The zero-order valence-corrected chi connectivity index (χ0v) is 8.92. The van der Waals surface area contributed by atoms with E-state index in [-0.39, 0.29) is 4.92 Å². The summed E-state index contributed by atoms with van der Waals surface area (Å²) < 4.78 is 0. The average molecular weight is 211 g/mol.